The average Bonchev–Trinajstić information content (AvgIpc) is 2.43. The van der Waals surface area contributed by atoms with Gasteiger partial charge in [-0.1, -0.05) is 27.7 Å². The Morgan fingerprint density at radius 3 is 2.20 bits per heavy atom. The maximum absolute atomic E-state index is 10.9. The molecule has 0 bridgehead atoms. The molecule has 0 aromatic heterocycles. The van der Waals surface area contributed by atoms with E-state index in [1.165, 1.54) is 0 Å². The summed E-state index contributed by atoms with van der Waals surface area (Å²) in [5.41, 5.74) is 0.0139. The molecule has 0 N–H and O–H groups in total. The molecule has 0 spiro atoms. The van der Waals surface area contributed by atoms with Crippen LogP contribution in [0.15, 0.2) is 0 Å². The van der Waals surface area contributed by atoms with Crippen molar-refractivity contribution in [2.75, 3.05) is 6.61 Å². The second-order valence-electron chi connectivity index (χ2n) is 4.98. The number of hydrogen-bond acceptors (Lipinski definition) is 3. The Morgan fingerprint density at radius 2 is 2.07 bits per heavy atom. The summed E-state index contributed by atoms with van der Waals surface area (Å²) in [4.78, 5) is 20.4. The van der Waals surface area contributed by atoms with Gasteiger partial charge in [0.1, 0.15) is 5.78 Å². The van der Waals surface area contributed by atoms with Crippen LogP contribution in [0.1, 0.15) is 47.0 Å². The van der Waals surface area contributed by atoms with E-state index in [4.69, 9.17) is 0 Å². The molecule has 1 rings (SSSR count). The molecule has 0 unspecified atom stereocenters. The molecule has 0 aromatic rings. The van der Waals surface area contributed by atoms with Gasteiger partial charge in [0.25, 0.3) is 6.47 Å². The lowest BCUT2D eigenvalue weighted by Gasteiger charge is -2.12. The molecule has 0 radical (unpaired) electrons. The Kier molecular flexibility index (Phi) is 6.21. The van der Waals surface area contributed by atoms with Crippen molar-refractivity contribution in [1.82, 2.24) is 0 Å². The molecule has 1 fully saturated rings. The topological polar surface area (TPSA) is 43.4 Å². The molecular weight excluding hydrogens is 192 g/mol. The Morgan fingerprint density at radius 1 is 1.47 bits per heavy atom. The summed E-state index contributed by atoms with van der Waals surface area (Å²) in [5.74, 6) is 0.891. The van der Waals surface area contributed by atoms with E-state index in [9.17, 15) is 9.59 Å². The first-order valence-corrected chi connectivity index (χ1v) is 5.48. The molecule has 0 amide bonds. The zero-order valence-electron chi connectivity index (χ0n) is 10.2. The molecule has 3 nitrogen and oxygen atoms in total. The maximum Gasteiger partial charge on any atom is 0.293 e. The largest absolute Gasteiger partial charge is 0.468 e. The molecule has 0 atom stereocenters. The molecule has 0 heterocycles. The Hall–Kier alpha value is -0.860. The van der Waals surface area contributed by atoms with Gasteiger partial charge in [0.15, 0.2) is 0 Å². The van der Waals surface area contributed by atoms with E-state index in [0.29, 0.717) is 24.8 Å². The third-order valence-corrected chi connectivity index (χ3v) is 2.46. The summed E-state index contributed by atoms with van der Waals surface area (Å²) in [6.45, 7) is 9.04. The highest BCUT2D eigenvalue weighted by Gasteiger charge is 2.31. The van der Waals surface area contributed by atoms with Gasteiger partial charge in [0.2, 0.25) is 0 Å². The molecule has 88 valence electrons. The van der Waals surface area contributed by atoms with E-state index >= 15 is 0 Å². The zero-order valence-corrected chi connectivity index (χ0v) is 10.2. The summed E-state index contributed by atoms with van der Waals surface area (Å²) < 4.78 is 4.41. The first-order chi connectivity index (χ1) is 6.90. The van der Waals surface area contributed by atoms with Crippen molar-refractivity contribution >= 4 is 12.3 Å². The van der Waals surface area contributed by atoms with Crippen molar-refractivity contribution in [2.24, 2.45) is 11.3 Å². The van der Waals surface area contributed by atoms with Crippen LogP contribution < -0.4 is 0 Å². The van der Waals surface area contributed by atoms with Crippen LogP contribution in [0.3, 0.4) is 0 Å². The number of carbonyl (C=O) groups is 2. The predicted molar refractivity (Wildman–Crippen MR) is 59.5 cm³/mol. The quantitative estimate of drug-likeness (QED) is 0.678. The van der Waals surface area contributed by atoms with Gasteiger partial charge in [-0.05, 0) is 18.8 Å². The fourth-order valence-electron chi connectivity index (χ4n) is 1.40. The molecule has 3 heteroatoms. The number of Topliss-reactive ketones (excluding diaryl/α,β-unsaturated/α-hetero) is 1. The second-order valence-corrected chi connectivity index (χ2v) is 4.98. The lowest BCUT2D eigenvalue weighted by Crippen LogP contribution is -2.15. The second kappa shape index (κ2) is 6.59. The minimum atomic E-state index is 0.0139. The SMILES string of the molecule is CC(C)COC=O.CC1(C)CCCC1=O. The predicted octanol–water partition coefficient (Wildman–Crippen LogP) is 2.58. The van der Waals surface area contributed by atoms with Crippen molar-refractivity contribution in [3.8, 4) is 0 Å². The molecular formula is C12H22O3. The van der Waals surface area contributed by atoms with Crippen molar-refractivity contribution in [2.45, 2.75) is 47.0 Å². The van der Waals surface area contributed by atoms with Crippen molar-refractivity contribution in [1.29, 1.82) is 0 Å². The summed E-state index contributed by atoms with van der Waals surface area (Å²) in [6, 6.07) is 0. The van der Waals surface area contributed by atoms with Crippen LogP contribution in [-0.2, 0) is 14.3 Å². The van der Waals surface area contributed by atoms with Gasteiger partial charge in [0, 0.05) is 11.8 Å². The van der Waals surface area contributed by atoms with Gasteiger partial charge in [-0.3, -0.25) is 9.59 Å². The van der Waals surface area contributed by atoms with E-state index in [2.05, 4.69) is 4.74 Å². The smallest absolute Gasteiger partial charge is 0.293 e. The fraction of sp³-hybridized carbons (Fsp3) is 0.833. The van der Waals surface area contributed by atoms with Gasteiger partial charge in [0.05, 0.1) is 6.61 Å². The third-order valence-electron chi connectivity index (χ3n) is 2.46. The highest BCUT2D eigenvalue weighted by atomic mass is 16.5. The molecule has 15 heavy (non-hydrogen) atoms. The van der Waals surface area contributed by atoms with Crippen LogP contribution in [0, 0.1) is 11.3 Å². The minimum absolute atomic E-state index is 0.0139. The van der Waals surface area contributed by atoms with Crippen LogP contribution in [-0.4, -0.2) is 18.9 Å². The number of hydrogen-bond donors (Lipinski definition) is 0. The molecule has 1 saturated carbocycles. The summed E-state index contributed by atoms with van der Waals surface area (Å²) in [7, 11) is 0. The zero-order chi connectivity index (χ0) is 11.9. The lowest BCUT2D eigenvalue weighted by atomic mass is 9.91. The van der Waals surface area contributed by atoms with E-state index in [0.717, 1.165) is 19.3 Å². The fourth-order valence-corrected chi connectivity index (χ4v) is 1.40. The molecule has 1 aliphatic rings. The summed E-state index contributed by atoms with van der Waals surface area (Å²) in [5, 5.41) is 0. The summed E-state index contributed by atoms with van der Waals surface area (Å²) in [6.07, 6.45) is 3.00. The van der Waals surface area contributed by atoms with E-state index in [-0.39, 0.29) is 5.41 Å². The first kappa shape index (κ1) is 14.1. The Balaban J connectivity index is 0.000000265. The highest BCUT2D eigenvalue weighted by Crippen LogP contribution is 2.32. The maximum atomic E-state index is 10.9. The van der Waals surface area contributed by atoms with Crippen LogP contribution in [0.4, 0.5) is 0 Å². The number of carbonyl (C=O) groups excluding carboxylic acids is 2. The molecule has 0 aromatic carbocycles. The van der Waals surface area contributed by atoms with Gasteiger partial charge in [-0.2, -0.15) is 0 Å². The highest BCUT2D eigenvalue weighted by molar-refractivity contribution is 5.85. The monoisotopic (exact) mass is 214 g/mol. The molecule has 1 aliphatic carbocycles. The average molecular weight is 214 g/mol. The van der Waals surface area contributed by atoms with Gasteiger partial charge < -0.3 is 4.74 Å². The Bertz CT molecular complexity index is 207. The van der Waals surface area contributed by atoms with Crippen LogP contribution in [0.25, 0.3) is 0 Å². The van der Waals surface area contributed by atoms with E-state index in [1.54, 1.807) is 0 Å². The Labute approximate surface area is 92.2 Å². The standard InChI is InChI=1S/C7H12O.C5H10O2/c1-7(2)5-3-4-6(7)8;1-5(2)3-7-4-6/h3-5H2,1-2H3;4-5H,3H2,1-2H3. The van der Waals surface area contributed by atoms with Gasteiger partial charge >= 0.3 is 0 Å². The van der Waals surface area contributed by atoms with Crippen LogP contribution in [0.5, 0.6) is 0 Å². The van der Waals surface area contributed by atoms with Crippen molar-refractivity contribution in [3.05, 3.63) is 0 Å². The molecule has 0 aliphatic heterocycles. The normalized spacial score (nSPS) is 18.3. The van der Waals surface area contributed by atoms with Crippen LogP contribution in [0.2, 0.25) is 0 Å². The summed E-state index contributed by atoms with van der Waals surface area (Å²) >= 11 is 0. The van der Waals surface area contributed by atoms with Crippen molar-refractivity contribution in [3.63, 3.8) is 0 Å². The number of rotatable bonds is 3. The third kappa shape index (κ3) is 6.26. The number of ketones is 1. The number of ether oxygens (including phenoxy) is 1. The first-order valence-electron chi connectivity index (χ1n) is 5.48. The molecule has 0 saturated heterocycles. The van der Waals surface area contributed by atoms with Gasteiger partial charge in [-0.15, -0.1) is 0 Å². The van der Waals surface area contributed by atoms with Crippen LogP contribution >= 0.6 is 0 Å². The lowest BCUT2D eigenvalue weighted by molar-refractivity contribution is -0.129. The minimum Gasteiger partial charge on any atom is -0.468 e. The van der Waals surface area contributed by atoms with Gasteiger partial charge in [-0.25, -0.2) is 0 Å². The van der Waals surface area contributed by atoms with E-state index in [1.807, 2.05) is 27.7 Å². The van der Waals surface area contributed by atoms with E-state index < -0.39 is 0 Å². The van der Waals surface area contributed by atoms with Crippen molar-refractivity contribution < 1.29 is 14.3 Å².